The van der Waals surface area contributed by atoms with E-state index in [4.69, 9.17) is 0 Å². The molecule has 1 saturated heterocycles. The Labute approximate surface area is 140 Å². The van der Waals surface area contributed by atoms with Gasteiger partial charge in [-0.3, -0.25) is 4.79 Å². The Bertz CT molecular complexity index is 533. The number of piperidine rings is 1. The highest BCUT2D eigenvalue weighted by Crippen LogP contribution is 2.38. The minimum absolute atomic E-state index is 0.0513. The van der Waals surface area contributed by atoms with Gasteiger partial charge < -0.3 is 10.2 Å². The number of rotatable bonds is 6. The van der Waals surface area contributed by atoms with Crippen LogP contribution in [-0.4, -0.2) is 36.5 Å². The van der Waals surface area contributed by atoms with Crippen molar-refractivity contribution in [1.29, 1.82) is 0 Å². The summed E-state index contributed by atoms with van der Waals surface area (Å²) in [7, 11) is 2.19. The van der Waals surface area contributed by atoms with E-state index in [0.717, 1.165) is 32.2 Å². The topological polar surface area (TPSA) is 32.3 Å². The summed E-state index contributed by atoms with van der Waals surface area (Å²) in [6.07, 6.45) is 7.51. The summed E-state index contributed by atoms with van der Waals surface area (Å²) >= 11 is 0. The van der Waals surface area contributed by atoms with Crippen LogP contribution >= 0.6 is 0 Å². The van der Waals surface area contributed by atoms with Crippen molar-refractivity contribution in [3.63, 3.8) is 0 Å². The lowest BCUT2D eigenvalue weighted by Gasteiger charge is -2.29. The molecule has 0 aromatic heterocycles. The summed E-state index contributed by atoms with van der Waals surface area (Å²) in [6, 6.07) is 8.71. The van der Waals surface area contributed by atoms with E-state index >= 15 is 0 Å². The molecule has 126 valence electrons. The number of hydrogen-bond donors (Lipinski definition) is 1. The summed E-state index contributed by atoms with van der Waals surface area (Å²) in [5.74, 6) is 0.953. The first-order chi connectivity index (χ1) is 11.0. The molecule has 0 bridgehead atoms. The van der Waals surface area contributed by atoms with Gasteiger partial charge in [-0.05, 0) is 70.5 Å². The molecule has 1 heterocycles. The van der Waals surface area contributed by atoms with E-state index in [1.807, 2.05) is 0 Å². The van der Waals surface area contributed by atoms with Crippen molar-refractivity contribution in [3.8, 4) is 0 Å². The number of hydrogen-bond acceptors (Lipinski definition) is 2. The van der Waals surface area contributed by atoms with Gasteiger partial charge in [0.05, 0.1) is 0 Å². The van der Waals surface area contributed by atoms with Crippen molar-refractivity contribution in [2.45, 2.75) is 57.4 Å². The van der Waals surface area contributed by atoms with E-state index in [2.05, 4.69) is 48.5 Å². The molecule has 1 N–H and O–H groups in total. The van der Waals surface area contributed by atoms with Crippen molar-refractivity contribution in [2.75, 3.05) is 20.1 Å². The van der Waals surface area contributed by atoms with Gasteiger partial charge in [0.2, 0.25) is 5.91 Å². The van der Waals surface area contributed by atoms with Gasteiger partial charge in [-0.2, -0.15) is 0 Å². The van der Waals surface area contributed by atoms with E-state index in [0.29, 0.717) is 12.3 Å². The molecule has 1 saturated carbocycles. The minimum Gasteiger partial charge on any atom is -0.350 e. The summed E-state index contributed by atoms with van der Waals surface area (Å²) in [5, 5.41) is 3.33. The molecule has 0 unspecified atom stereocenters. The SMILES string of the molecule is Cc1ccc(CC2(NC(=O)CC[C@@H]3CCCN(C)C3)CC2)cc1. The van der Waals surface area contributed by atoms with E-state index in [-0.39, 0.29) is 11.4 Å². The first-order valence-electron chi connectivity index (χ1n) is 9.10. The van der Waals surface area contributed by atoms with Crippen molar-refractivity contribution in [2.24, 2.45) is 5.92 Å². The molecular weight excluding hydrogens is 284 g/mol. The summed E-state index contributed by atoms with van der Waals surface area (Å²) in [4.78, 5) is 14.7. The molecule has 1 amide bonds. The van der Waals surface area contributed by atoms with Crippen molar-refractivity contribution >= 4 is 5.91 Å². The molecule has 23 heavy (non-hydrogen) atoms. The number of likely N-dealkylation sites (tertiary alicyclic amines) is 1. The standard InChI is InChI=1S/C20H30N2O/c1-16-5-7-17(8-6-16)14-20(11-12-20)21-19(23)10-9-18-4-3-13-22(2)15-18/h5-8,18H,3-4,9-15H2,1-2H3,(H,21,23)/t18-/m0/s1. The Morgan fingerprint density at radius 2 is 2.04 bits per heavy atom. The summed E-state index contributed by atoms with van der Waals surface area (Å²) in [6.45, 7) is 4.48. The normalized spacial score (nSPS) is 23.5. The molecule has 1 atom stereocenters. The number of carbonyl (C=O) groups is 1. The second-order valence-electron chi connectivity index (χ2n) is 7.80. The zero-order valence-electron chi connectivity index (χ0n) is 14.6. The monoisotopic (exact) mass is 314 g/mol. The molecule has 3 nitrogen and oxygen atoms in total. The third-order valence-electron chi connectivity index (χ3n) is 5.42. The van der Waals surface area contributed by atoms with Crippen molar-refractivity contribution in [3.05, 3.63) is 35.4 Å². The second kappa shape index (κ2) is 7.04. The van der Waals surface area contributed by atoms with Crippen molar-refractivity contribution in [1.82, 2.24) is 10.2 Å². The molecule has 2 fully saturated rings. The lowest BCUT2D eigenvalue weighted by atomic mass is 9.93. The fraction of sp³-hybridized carbons (Fsp3) is 0.650. The maximum Gasteiger partial charge on any atom is 0.220 e. The zero-order valence-corrected chi connectivity index (χ0v) is 14.6. The lowest BCUT2D eigenvalue weighted by Crippen LogP contribution is -2.39. The van der Waals surface area contributed by atoms with Gasteiger partial charge in [-0.1, -0.05) is 29.8 Å². The van der Waals surface area contributed by atoms with Gasteiger partial charge in [-0.15, -0.1) is 0 Å². The first kappa shape index (κ1) is 16.5. The zero-order chi connectivity index (χ0) is 16.3. The number of aryl methyl sites for hydroxylation is 1. The molecule has 0 radical (unpaired) electrons. The van der Waals surface area contributed by atoms with Gasteiger partial charge in [0.1, 0.15) is 0 Å². The maximum atomic E-state index is 12.3. The van der Waals surface area contributed by atoms with Gasteiger partial charge in [0, 0.05) is 18.5 Å². The number of carbonyl (C=O) groups excluding carboxylic acids is 1. The fourth-order valence-corrected chi connectivity index (χ4v) is 3.80. The minimum atomic E-state index is 0.0513. The molecule has 2 aliphatic rings. The first-order valence-corrected chi connectivity index (χ1v) is 9.10. The number of nitrogens with zero attached hydrogens (tertiary/aromatic N) is 1. The van der Waals surface area contributed by atoms with Crippen LogP contribution in [0.5, 0.6) is 0 Å². The molecule has 1 aliphatic heterocycles. The highest BCUT2D eigenvalue weighted by molar-refractivity contribution is 5.77. The molecule has 0 spiro atoms. The second-order valence-corrected chi connectivity index (χ2v) is 7.80. The van der Waals surface area contributed by atoms with Crippen LogP contribution in [0, 0.1) is 12.8 Å². The third-order valence-corrected chi connectivity index (χ3v) is 5.42. The van der Waals surface area contributed by atoms with Gasteiger partial charge in [-0.25, -0.2) is 0 Å². The van der Waals surface area contributed by atoms with Crippen LogP contribution < -0.4 is 5.32 Å². The lowest BCUT2D eigenvalue weighted by molar-refractivity contribution is -0.122. The van der Waals surface area contributed by atoms with Gasteiger partial charge in [0.25, 0.3) is 0 Å². The van der Waals surface area contributed by atoms with Gasteiger partial charge >= 0.3 is 0 Å². The van der Waals surface area contributed by atoms with E-state index < -0.39 is 0 Å². The molecule has 3 heteroatoms. The Hall–Kier alpha value is -1.35. The Morgan fingerprint density at radius 3 is 2.70 bits per heavy atom. The quantitative estimate of drug-likeness (QED) is 0.874. The third kappa shape index (κ3) is 4.81. The summed E-state index contributed by atoms with van der Waals surface area (Å²) in [5.41, 5.74) is 2.68. The number of nitrogens with one attached hydrogen (secondary N) is 1. The van der Waals surface area contributed by atoms with Crippen LogP contribution in [0.3, 0.4) is 0 Å². The highest BCUT2D eigenvalue weighted by atomic mass is 16.1. The molecule has 1 aromatic carbocycles. The Balaban J connectivity index is 1.44. The average molecular weight is 314 g/mol. The van der Waals surface area contributed by atoms with Crippen LogP contribution in [-0.2, 0) is 11.2 Å². The molecule has 1 aliphatic carbocycles. The van der Waals surface area contributed by atoms with Gasteiger partial charge in [0.15, 0.2) is 0 Å². The smallest absolute Gasteiger partial charge is 0.220 e. The molecule has 1 aromatic rings. The maximum absolute atomic E-state index is 12.3. The number of benzene rings is 1. The van der Waals surface area contributed by atoms with E-state index in [9.17, 15) is 4.79 Å². The Morgan fingerprint density at radius 1 is 1.30 bits per heavy atom. The van der Waals surface area contributed by atoms with Crippen LogP contribution in [0.15, 0.2) is 24.3 Å². The molecule has 3 rings (SSSR count). The van der Waals surface area contributed by atoms with E-state index in [1.165, 1.54) is 30.5 Å². The highest BCUT2D eigenvalue weighted by Gasteiger charge is 2.43. The predicted octanol–water partition coefficient (Wildman–Crippen LogP) is 3.31. The van der Waals surface area contributed by atoms with Crippen LogP contribution in [0.4, 0.5) is 0 Å². The predicted molar refractivity (Wildman–Crippen MR) is 94.4 cm³/mol. The molecular formula is C20H30N2O. The van der Waals surface area contributed by atoms with Crippen LogP contribution in [0.2, 0.25) is 0 Å². The number of amides is 1. The summed E-state index contributed by atoms with van der Waals surface area (Å²) < 4.78 is 0. The fourth-order valence-electron chi connectivity index (χ4n) is 3.80. The largest absolute Gasteiger partial charge is 0.350 e. The van der Waals surface area contributed by atoms with E-state index in [1.54, 1.807) is 0 Å². The van der Waals surface area contributed by atoms with Crippen LogP contribution in [0.1, 0.15) is 49.7 Å². The van der Waals surface area contributed by atoms with Crippen LogP contribution in [0.25, 0.3) is 0 Å². The Kier molecular flexibility index (Phi) is 5.05. The van der Waals surface area contributed by atoms with Crippen molar-refractivity contribution < 1.29 is 4.79 Å². The average Bonchev–Trinajstić information content (AvgIpc) is 3.27.